The van der Waals surface area contributed by atoms with Crippen molar-refractivity contribution in [2.24, 2.45) is 0 Å². The number of nitrogens with one attached hydrogen (secondary N) is 2. The van der Waals surface area contributed by atoms with E-state index in [9.17, 15) is 8.42 Å². The molecule has 0 atom stereocenters. The molecule has 2 rings (SSSR count). The zero-order valence-electron chi connectivity index (χ0n) is 9.81. The van der Waals surface area contributed by atoms with Gasteiger partial charge in [-0.2, -0.15) is 0 Å². The maximum Gasteiger partial charge on any atom is 0.236 e. The normalized spacial score (nSPS) is 17.9. The van der Waals surface area contributed by atoms with Gasteiger partial charge in [0.15, 0.2) is 0 Å². The summed E-state index contributed by atoms with van der Waals surface area (Å²) in [6, 6.07) is 3.57. The Hall–Kier alpha value is -1.14. The number of sulfonamides is 1. The lowest BCUT2D eigenvalue weighted by molar-refractivity contribution is 0.499. The fourth-order valence-corrected chi connectivity index (χ4v) is 3.35. The summed E-state index contributed by atoms with van der Waals surface area (Å²) in [5.74, 6) is 0.406. The van der Waals surface area contributed by atoms with Crippen LogP contribution in [0, 0.1) is 6.92 Å². The fourth-order valence-electron chi connectivity index (χ4n) is 1.93. The zero-order valence-corrected chi connectivity index (χ0v) is 10.6. The van der Waals surface area contributed by atoms with E-state index in [-0.39, 0.29) is 5.25 Å². The Morgan fingerprint density at radius 2 is 2.12 bits per heavy atom. The van der Waals surface area contributed by atoms with Crippen molar-refractivity contribution in [3.05, 3.63) is 23.9 Å². The highest BCUT2D eigenvalue weighted by Crippen LogP contribution is 2.16. The van der Waals surface area contributed by atoms with Gasteiger partial charge in [0.1, 0.15) is 5.82 Å². The van der Waals surface area contributed by atoms with Crippen LogP contribution in [0.15, 0.2) is 18.3 Å². The van der Waals surface area contributed by atoms with Gasteiger partial charge in [0.05, 0.1) is 5.25 Å². The van der Waals surface area contributed by atoms with E-state index in [1.165, 1.54) is 0 Å². The van der Waals surface area contributed by atoms with Crippen molar-refractivity contribution in [3.63, 3.8) is 0 Å². The molecule has 0 radical (unpaired) electrons. The van der Waals surface area contributed by atoms with E-state index in [1.807, 2.05) is 13.0 Å². The maximum absolute atomic E-state index is 12.1. The average Bonchev–Trinajstić information content (AvgIpc) is 2.29. The molecule has 1 saturated heterocycles. The molecule has 0 aromatic carbocycles. The highest BCUT2D eigenvalue weighted by Gasteiger charge is 2.27. The van der Waals surface area contributed by atoms with Gasteiger partial charge in [-0.25, -0.2) is 13.4 Å². The minimum atomic E-state index is -3.31. The molecule has 5 nitrogen and oxygen atoms in total. The first-order chi connectivity index (χ1) is 8.08. The van der Waals surface area contributed by atoms with Crippen molar-refractivity contribution >= 4 is 15.8 Å². The van der Waals surface area contributed by atoms with E-state index in [1.54, 1.807) is 12.3 Å². The largest absolute Gasteiger partial charge is 0.317 e. The second kappa shape index (κ2) is 5.01. The van der Waals surface area contributed by atoms with E-state index in [2.05, 4.69) is 15.0 Å². The molecular formula is C11H17N3O2S. The zero-order chi connectivity index (χ0) is 12.3. The first-order valence-electron chi connectivity index (χ1n) is 5.73. The van der Waals surface area contributed by atoms with E-state index < -0.39 is 10.0 Å². The van der Waals surface area contributed by atoms with Crippen LogP contribution in [0.5, 0.6) is 0 Å². The number of nitrogens with zero attached hydrogens (tertiary/aromatic N) is 1. The Balaban J connectivity index is 2.11. The third-order valence-electron chi connectivity index (χ3n) is 2.89. The lowest BCUT2D eigenvalue weighted by Gasteiger charge is -2.22. The Kier molecular flexibility index (Phi) is 3.63. The van der Waals surface area contributed by atoms with Crippen molar-refractivity contribution in [1.82, 2.24) is 10.3 Å². The Morgan fingerprint density at radius 1 is 1.41 bits per heavy atom. The summed E-state index contributed by atoms with van der Waals surface area (Å²) in [5, 5.41) is 2.84. The van der Waals surface area contributed by atoms with Gasteiger partial charge in [-0.05, 0) is 50.6 Å². The lowest BCUT2D eigenvalue weighted by atomic mass is 10.2. The predicted molar refractivity (Wildman–Crippen MR) is 67.4 cm³/mol. The molecule has 0 unspecified atom stereocenters. The smallest absolute Gasteiger partial charge is 0.236 e. The Labute approximate surface area is 102 Å². The molecule has 0 aliphatic carbocycles. The first-order valence-corrected chi connectivity index (χ1v) is 7.27. The van der Waals surface area contributed by atoms with Crippen LogP contribution in [0.1, 0.15) is 18.4 Å². The minimum Gasteiger partial charge on any atom is -0.317 e. The third kappa shape index (κ3) is 3.17. The topological polar surface area (TPSA) is 71.1 Å². The number of hydrogen-bond donors (Lipinski definition) is 2. The van der Waals surface area contributed by atoms with Crippen LogP contribution < -0.4 is 10.0 Å². The molecule has 0 spiro atoms. The number of hydrogen-bond acceptors (Lipinski definition) is 4. The third-order valence-corrected chi connectivity index (χ3v) is 4.73. The van der Waals surface area contributed by atoms with Crippen LogP contribution in [0.3, 0.4) is 0 Å². The van der Waals surface area contributed by atoms with Gasteiger partial charge in [-0.1, -0.05) is 0 Å². The number of aryl methyl sites for hydroxylation is 1. The molecule has 2 N–H and O–H groups in total. The molecular weight excluding hydrogens is 238 g/mol. The molecule has 0 bridgehead atoms. The van der Waals surface area contributed by atoms with E-state index >= 15 is 0 Å². The lowest BCUT2D eigenvalue weighted by Crippen LogP contribution is -2.38. The van der Waals surface area contributed by atoms with Crippen molar-refractivity contribution in [2.75, 3.05) is 17.8 Å². The Morgan fingerprint density at radius 3 is 2.76 bits per heavy atom. The van der Waals surface area contributed by atoms with Gasteiger partial charge >= 0.3 is 0 Å². The molecule has 1 aliphatic rings. The molecule has 0 amide bonds. The van der Waals surface area contributed by atoms with Crippen LogP contribution in [0.25, 0.3) is 0 Å². The maximum atomic E-state index is 12.1. The predicted octanol–water partition coefficient (Wildman–Crippen LogP) is 0.884. The molecule has 1 aromatic heterocycles. The standard InChI is InChI=1S/C11H17N3O2S/c1-9-2-7-13-11(8-9)14-17(15,16)10-3-5-12-6-4-10/h2,7-8,10,12H,3-6H2,1H3,(H,13,14). The molecule has 94 valence electrons. The molecule has 0 saturated carbocycles. The average molecular weight is 255 g/mol. The van der Waals surface area contributed by atoms with Gasteiger partial charge in [0.2, 0.25) is 10.0 Å². The van der Waals surface area contributed by atoms with Crippen molar-refractivity contribution in [1.29, 1.82) is 0 Å². The number of aromatic nitrogens is 1. The second-order valence-electron chi connectivity index (χ2n) is 4.31. The SMILES string of the molecule is Cc1ccnc(NS(=O)(=O)C2CCNCC2)c1. The fraction of sp³-hybridized carbons (Fsp3) is 0.545. The van der Waals surface area contributed by atoms with E-state index in [0.717, 1.165) is 18.7 Å². The summed E-state index contributed by atoms with van der Waals surface area (Å²) in [7, 11) is -3.31. The molecule has 17 heavy (non-hydrogen) atoms. The van der Waals surface area contributed by atoms with Crippen LogP contribution in [-0.4, -0.2) is 31.7 Å². The quantitative estimate of drug-likeness (QED) is 0.841. The highest BCUT2D eigenvalue weighted by atomic mass is 32.2. The number of pyridine rings is 1. The monoisotopic (exact) mass is 255 g/mol. The summed E-state index contributed by atoms with van der Waals surface area (Å²) in [4.78, 5) is 4.01. The minimum absolute atomic E-state index is 0.314. The van der Waals surface area contributed by atoms with Gasteiger partial charge in [0.25, 0.3) is 0 Å². The molecule has 1 aliphatic heterocycles. The van der Waals surface area contributed by atoms with Crippen LogP contribution in [0.4, 0.5) is 5.82 Å². The van der Waals surface area contributed by atoms with Gasteiger partial charge in [-0.15, -0.1) is 0 Å². The Bertz CT molecular complexity index is 481. The van der Waals surface area contributed by atoms with Crippen molar-refractivity contribution in [2.45, 2.75) is 25.0 Å². The van der Waals surface area contributed by atoms with Gasteiger partial charge in [0, 0.05) is 6.20 Å². The second-order valence-corrected chi connectivity index (χ2v) is 6.28. The first kappa shape index (κ1) is 12.3. The summed E-state index contributed by atoms with van der Waals surface area (Å²) < 4.78 is 26.7. The molecule has 2 heterocycles. The van der Waals surface area contributed by atoms with Crippen molar-refractivity contribution in [3.8, 4) is 0 Å². The van der Waals surface area contributed by atoms with E-state index in [4.69, 9.17) is 0 Å². The summed E-state index contributed by atoms with van der Waals surface area (Å²) in [6.07, 6.45) is 2.91. The van der Waals surface area contributed by atoms with Gasteiger partial charge in [-0.3, -0.25) is 4.72 Å². The molecule has 1 aromatic rings. The van der Waals surface area contributed by atoms with Crippen molar-refractivity contribution < 1.29 is 8.42 Å². The summed E-state index contributed by atoms with van der Waals surface area (Å²) >= 11 is 0. The van der Waals surface area contributed by atoms with Gasteiger partial charge < -0.3 is 5.32 Å². The van der Waals surface area contributed by atoms with Crippen LogP contribution >= 0.6 is 0 Å². The molecule has 1 fully saturated rings. The summed E-state index contributed by atoms with van der Waals surface area (Å²) in [6.45, 7) is 3.42. The highest BCUT2D eigenvalue weighted by molar-refractivity contribution is 7.93. The number of piperidine rings is 1. The van der Waals surface area contributed by atoms with E-state index in [0.29, 0.717) is 18.7 Å². The van der Waals surface area contributed by atoms with Crippen LogP contribution in [0.2, 0.25) is 0 Å². The number of anilines is 1. The summed E-state index contributed by atoms with van der Waals surface area (Å²) in [5.41, 5.74) is 0.989. The number of rotatable bonds is 3. The van der Waals surface area contributed by atoms with Crippen LogP contribution in [-0.2, 0) is 10.0 Å². The molecule has 6 heteroatoms.